The van der Waals surface area contributed by atoms with E-state index in [1.165, 1.54) is 5.56 Å². The number of benzene rings is 1. The Bertz CT molecular complexity index is 547. The molecule has 5 heteroatoms. The molecule has 2 rings (SSSR count). The molecule has 0 aliphatic heterocycles. The summed E-state index contributed by atoms with van der Waals surface area (Å²) in [5, 5.41) is 5.56. The second kappa shape index (κ2) is 7.50. The normalized spacial score (nSPS) is 10.6. The molecule has 1 aromatic heterocycles. The number of carbonyl (C=O) groups excluding carboxylic acids is 1. The van der Waals surface area contributed by atoms with Crippen molar-refractivity contribution in [2.24, 2.45) is 0 Å². The number of amides is 2. The lowest BCUT2D eigenvalue weighted by Crippen LogP contribution is -2.34. The maximum absolute atomic E-state index is 11.7. The summed E-state index contributed by atoms with van der Waals surface area (Å²) < 4.78 is 5.14. The zero-order chi connectivity index (χ0) is 15.1. The van der Waals surface area contributed by atoms with Gasteiger partial charge in [0.25, 0.3) is 0 Å². The van der Waals surface area contributed by atoms with Gasteiger partial charge in [0, 0.05) is 13.1 Å². The fraction of sp³-hybridized carbons (Fsp3) is 0.312. The molecule has 1 heterocycles. The summed E-state index contributed by atoms with van der Waals surface area (Å²) >= 11 is 0. The Hall–Kier alpha value is -2.27. The highest BCUT2D eigenvalue weighted by Crippen LogP contribution is 2.06. The molecule has 0 unspecified atom stereocenters. The van der Waals surface area contributed by atoms with E-state index in [-0.39, 0.29) is 6.03 Å². The van der Waals surface area contributed by atoms with Gasteiger partial charge in [0.05, 0.1) is 12.8 Å². The van der Waals surface area contributed by atoms with Gasteiger partial charge in [-0.3, -0.25) is 0 Å². The Morgan fingerprint density at radius 2 is 1.71 bits per heavy atom. The van der Waals surface area contributed by atoms with Gasteiger partial charge in [0.1, 0.15) is 5.76 Å². The molecule has 0 bridgehead atoms. The molecule has 0 saturated carbocycles. The zero-order valence-electron chi connectivity index (χ0n) is 12.4. The molecule has 0 saturated heterocycles. The van der Waals surface area contributed by atoms with Crippen LogP contribution in [0.25, 0.3) is 0 Å². The number of nitrogens with zero attached hydrogens (tertiary/aromatic N) is 1. The van der Waals surface area contributed by atoms with E-state index >= 15 is 0 Å². The van der Waals surface area contributed by atoms with Crippen LogP contribution in [0.3, 0.4) is 0 Å². The Balaban J connectivity index is 1.73. The van der Waals surface area contributed by atoms with Crippen molar-refractivity contribution in [3.63, 3.8) is 0 Å². The van der Waals surface area contributed by atoms with Crippen molar-refractivity contribution in [3.8, 4) is 0 Å². The van der Waals surface area contributed by atoms with E-state index in [1.54, 1.807) is 12.3 Å². The Morgan fingerprint density at radius 1 is 1.05 bits per heavy atom. The van der Waals surface area contributed by atoms with Gasteiger partial charge in [-0.05, 0) is 37.4 Å². The van der Waals surface area contributed by atoms with Crippen molar-refractivity contribution in [2.75, 3.05) is 14.1 Å². The number of furan rings is 1. The lowest BCUT2D eigenvalue weighted by Gasteiger charge is -2.10. The molecule has 0 fully saturated rings. The molecule has 0 aliphatic carbocycles. The van der Waals surface area contributed by atoms with Crippen molar-refractivity contribution in [1.82, 2.24) is 15.5 Å². The first-order chi connectivity index (χ1) is 10.1. The summed E-state index contributed by atoms with van der Waals surface area (Å²) in [6, 6.07) is 11.6. The molecule has 112 valence electrons. The number of carbonyl (C=O) groups is 1. The van der Waals surface area contributed by atoms with E-state index in [0.717, 1.165) is 17.9 Å². The molecular formula is C16H21N3O2. The second-order valence-electron chi connectivity index (χ2n) is 5.17. The molecule has 0 spiro atoms. The highest BCUT2D eigenvalue weighted by Gasteiger charge is 2.02. The molecular weight excluding hydrogens is 266 g/mol. The molecule has 1 aromatic carbocycles. The van der Waals surface area contributed by atoms with E-state index in [4.69, 9.17) is 4.42 Å². The summed E-state index contributed by atoms with van der Waals surface area (Å²) in [5.74, 6) is 0.734. The van der Waals surface area contributed by atoms with E-state index in [0.29, 0.717) is 13.1 Å². The van der Waals surface area contributed by atoms with Gasteiger partial charge in [-0.1, -0.05) is 24.3 Å². The van der Waals surface area contributed by atoms with Gasteiger partial charge in [-0.25, -0.2) is 4.79 Å². The van der Waals surface area contributed by atoms with Crippen LogP contribution in [0.2, 0.25) is 0 Å². The molecule has 21 heavy (non-hydrogen) atoms. The van der Waals surface area contributed by atoms with E-state index in [2.05, 4.69) is 27.7 Å². The molecule has 2 amide bonds. The van der Waals surface area contributed by atoms with Crippen LogP contribution in [-0.2, 0) is 19.6 Å². The third kappa shape index (κ3) is 5.31. The Kier molecular flexibility index (Phi) is 5.40. The Labute approximate surface area is 124 Å². The smallest absolute Gasteiger partial charge is 0.315 e. The Morgan fingerprint density at radius 3 is 2.33 bits per heavy atom. The third-order valence-electron chi connectivity index (χ3n) is 2.98. The van der Waals surface area contributed by atoms with Crippen LogP contribution < -0.4 is 10.6 Å². The van der Waals surface area contributed by atoms with Crippen LogP contribution in [-0.4, -0.2) is 25.0 Å². The monoisotopic (exact) mass is 287 g/mol. The quantitative estimate of drug-likeness (QED) is 0.857. The van der Waals surface area contributed by atoms with E-state index < -0.39 is 0 Å². The third-order valence-corrected chi connectivity index (χ3v) is 2.98. The van der Waals surface area contributed by atoms with Gasteiger partial charge < -0.3 is 20.0 Å². The first-order valence-corrected chi connectivity index (χ1v) is 6.90. The number of nitrogens with one attached hydrogen (secondary N) is 2. The standard InChI is InChI=1S/C16H21N3O2/c1-19(2)12-14-7-5-13(6-8-14)10-17-16(20)18-11-15-4-3-9-21-15/h3-9H,10-12H2,1-2H3,(H2,17,18,20). The molecule has 2 N–H and O–H groups in total. The SMILES string of the molecule is CN(C)Cc1ccc(CNC(=O)NCc2ccco2)cc1. The summed E-state index contributed by atoms with van der Waals surface area (Å²) in [5.41, 5.74) is 2.33. The second-order valence-corrected chi connectivity index (χ2v) is 5.17. The molecule has 2 aromatic rings. The van der Waals surface area contributed by atoms with Gasteiger partial charge >= 0.3 is 6.03 Å². The van der Waals surface area contributed by atoms with Crippen LogP contribution in [0.15, 0.2) is 47.1 Å². The molecule has 0 aliphatic rings. The molecule has 0 atom stereocenters. The maximum atomic E-state index is 11.7. The van der Waals surface area contributed by atoms with Crippen LogP contribution >= 0.6 is 0 Å². The van der Waals surface area contributed by atoms with Crippen LogP contribution in [0, 0.1) is 0 Å². The van der Waals surface area contributed by atoms with Crippen LogP contribution in [0.4, 0.5) is 4.79 Å². The molecule has 0 radical (unpaired) electrons. The van der Waals surface area contributed by atoms with Gasteiger partial charge in [-0.15, -0.1) is 0 Å². The number of hydrogen-bond donors (Lipinski definition) is 2. The van der Waals surface area contributed by atoms with Crippen molar-refractivity contribution in [3.05, 3.63) is 59.5 Å². The van der Waals surface area contributed by atoms with Crippen molar-refractivity contribution in [2.45, 2.75) is 19.6 Å². The fourth-order valence-electron chi connectivity index (χ4n) is 1.95. The van der Waals surface area contributed by atoms with E-state index in [1.807, 2.05) is 32.3 Å². The summed E-state index contributed by atoms with van der Waals surface area (Å²) in [6.45, 7) is 1.81. The van der Waals surface area contributed by atoms with Crippen LogP contribution in [0.5, 0.6) is 0 Å². The van der Waals surface area contributed by atoms with E-state index in [9.17, 15) is 4.79 Å². The minimum Gasteiger partial charge on any atom is -0.467 e. The minimum absolute atomic E-state index is 0.205. The number of hydrogen-bond acceptors (Lipinski definition) is 3. The highest BCUT2D eigenvalue weighted by molar-refractivity contribution is 5.73. The average molecular weight is 287 g/mol. The summed E-state index contributed by atoms with van der Waals surface area (Å²) in [6.07, 6.45) is 1.59. The van der Waals surface area contributed by atoms with Crippen molar-refractivity contribution >= 4 is 6.03 Å². The predicted molar refractivity (Wildman–Crippen MR) is 81.6 cm³/mol. The largest absolute Gasteiger partial charge is 0.467 e. The summed E-state index contributed by atoms with van der Waals surface area (Å²) in [7, 11) is 4.08. The minimum atomic E-state index is -0.205. The first kappa shape index (κ1) is 15.1. The van der Waals surface area contributed by atoms with Gasteiger partial charge in [0.2, 0.25) is 0 Å². The topological polar surface area (TPSA) is 57.5 Å². The highest BCUT2D eigenvalue weighted by atomic mass is 16.3. The van der Waals surface area contributed by atoms with Crippen LogP contribution in [0.1, 0.15) is 16.9 Å². The van der Waals surface area contributed by atoms with Crippen molar-refractivity contribution in [1.29, 1.82) is 0 Å². The number of rotatable bonds is 6. The number of urea groups is 1. The maximum Gasteiger partial charge on any atom is 0.315 e. The lowest BCUT2D eigenvalue weighted by atomic mass is 10.1. The van der Waals surface area contributed by atoms with Crippen molar-refractivity contribution < 1.29 is 9.21 Å². The first-order valence-electron chi connectivity index (χ1n) is 6.90. The van der Waals surface area contributed by atoms with Gasteiger partial charge in [0.15, 0.2) is 0 Å². The zero-order valence-corrected chi connectivity index (χ0v) is 12.4. The average Bonchev–Trinajstić information content (AvgIpc) is 2.97. The summed E-state index contributed by atoms with van der Waals surface area (Å²) in [4.78, 5) is 13.8. The fourth-order valence-corrected chi connectivity index (χ4v) is 1.95. The lowest BCUT2D eigenvalue weighted by molar-refractivity contribution is 0.239. The molecule has 5 nitrogen and oxygen atoms in total. The predicted octanol–water partition coefficient (Wildman–Crippen LogP) is 2.34. The van der Waals surface area contributed by atoms with Gasteiger partial charge in [-0.2, -0.15) is 0 Å².